The summed E-state index contributed by atoms with van der Waals surface area (Å²) in [5.41, 5.74) is -0.275. The number of carboxylic acids is 1. The predicted octanol–water partition coefficient (Wildman–Crippen LogP) is 1.46. The average Bonchev–Trinajstić information content (AvgIpc) is 2.28. The van der Waals surface area contributed by atoms with E-state index in [4.69, 9.17) is 14.6 Å². The van der Waals surface area contributed by atoms with Crippen molar-refractivity contribution in [2.45, 2.75) is 13.0 Å². The molecule has 0 aliphatic heterocycles. The Morgan fingerprint density at radius 2 is 2.18 bits per heavy atom. The largest absolute Gasteiger partial charge is 0.490 e. The van der Waals surface area contributed by atoms with Crippen molar-refractivity contribution in [1.29, 1.82) is 0 Å². The second kappa shape index (κ2) is 5.15. The van der Waals surface area contributed by atoms with Crippen LogP contribution in [0.5, 0.6) is 11.5 Å². The highest BCUT2D eigenvalue weighted by Gasteiger charge is 2.18. The molecule has 0 saturated heterocycles. The molecule has 17 heavy (non-hydrogen) atoms. The van der Waals surface area contributed by atoms with Crippen LogP contribution in [0.3, 0.4) is 0 Å². The van der Waals surface area contributed by atoms with Gasteiger partial charge in [-0.3, -0.25) is 10.1 Å². The highest BCUT2D eigenvalue weighted by Crippen LogP contribution is 2.31. The lowest BCUT2D eigenvalue weighted by atomic mass is 10.2. The number of rotatable bonds is 5. The van der Waals surface area contributed by atoms with Gasteiger partial charge in [-0.25, -0.2) is 4.79 Å². The van der Waals surface area contributed by atoms with Crippen LogP contribution in [0.2, 0.25) is 0 Å². The minimum atomic E-state index is -1.15. The molecule has 0 fully saturated rings. The number of aliphatic carboxylic acids is 1. The van der Waals surface area contributed by atoms with Gasteiger partial charge in [-0.15, -0.1) is 0 Å². The van der Waals surface area contributed by atoms with E-state index in [2.05, 4.69) is 0 Å². The number of nitro groups is 1. The zero-order valence-corrected chi connectivity index (χ0v) is 9.25. The third-order valence-corrected chi connectivity index (χ3v) is 2.01. The maximum Gasteiger partial charge on any atom is 0.344 e. The van der Waals surface area contributed by atoms with E-state index in [0.717, 1.165) is 6.07 Å². The minimum Gasteiger partial charge on any atom is -0.490 e. The Balaban J connectivity index is 3.00. The molecule has 1 unspecified atom stereocenters. The Bertz CT molecular complexity index is 444. The molecule has 0 bridgehead atoms. The monoisotopic (exact) mass is 241 g/mol. The van der Waals surface area contributed by atoms with Crippen molar-refractivity contribution in [2.24, 2.45) is 0 Å². The molecule has 0 aromatic heterocycles. The first kappa shape index (κ1) is 12.8. The standard InChI is InChI=1S/C10H11NO6/c1-6(10(12)13)17-7-3-4-9(16-2)8(5-7)11(14)15/h3-6H,1-2H3,(H,12,13). The van der Waals surface area contributed by atoms with Gasteiger partial charge in [-0.2, -0.15) is 0 Å². The number of hydrogen-bond donors (Lipinski definition) is 1. The minimum absolute atomic E-state index is 0.0883. The normalized spacial score (nSPS) is 11.6. The highest BCUT2D eigenvalue weighted by atomic mass is 16.6. The molecule has 7 heteroatoms. The van der Waals surface area contributed by atoms with E-state index in [0.29, 0.717) is 0 Å². The number of carbonyl (C=O) groups is 1. The van der Waals surface area contributed by atoms with Crippen LogP contribution in [-0.4, -0.2) is 29.2 Å². The molecule has 0 aliphatic rings. The third-order valence-electron chi connectivity index (χ3n) is 2.01. The Labute approximate surface area is 96.7 Å². The molecule has 0 radical (unpaired) electrons. The first-order valence-electron chi connectivity index (χ1n) is 4.67. The molecule has 0 aliphatic carbocycles. The predicted molar refractivity (Wildman–Crippen MR) is 57.4 cm³/mol. The van der Waals surface area contributed by atoms with E-state index in [1.807, 2.05) is 0 Å². The van der Waals surface area contributed by atoms with Crippen LogP contribution in [0.15, 0.2) is 18.2 Å². The van der Waals surface area contributed by atoms with Crippen molar-refractivity contribution in [3.8, 4) is 11.5 Å². The summed E-state index contributed by atoms with van der Waals surface area (Å²) in [6, 6.07) is 3.88. The van der Waals surface area contributed by atoms with Crippen molar-refractivity contribution < 1.29 is 24.3 Å². The van der Waals surface area contributed by atoms with Gasteiger partial charge in [-0.1, -0.05) is 0 Å². The molecule has 7 nitrogen and oxygen atoms in total. The number of hydrogen-bond acceptors (Lipinski definition) is 5. The summed E-state index contributed by atoms with van der Waals surface area (Å²) in [4.78, 5) is 20.6. The van der Waals surface area contributed by atoms with Crippen molar-refractivity contribution in [1.82, 2.24) is 0 Å². The molecule has 0 amide bonds. The van der Waals surface area contributed by atoms with Gasteiger partial charge >= 0.3 is 11.7 Å². The van der Waals surface area contributed by atoms with Gasteiger partial charge in [0.05, 0.1) is 18.1 Å². The van der Waals surface area contributed by atoms with E-state index in [1.54, 1.807) is 0 Å². The quantitative estimate of drug-likeness (QED) is 0.618. The summed E-state index contributed by atoms with van der Waals surface area (Å²) in [6.45, 7) is 1.33. The van der Waals surface area contributed by atoms with Crippen molar-refractivity contribution in [3.05, 3.63) is 28.3 Å². The number of methoxy groups -OCH3 is 1. The van der Waals surface area contributed by atoms with Gasteiger partial charge < -0.3 is 14.6 Å². The third kappa shape index (κ3) is 3.07. The van der Waals surface area contributed by atoms with Crippen molar-refractivity contribution >= 4 is 11.7 Å². The Morgan fingerprint density at radius 1 is 1.53 bits per heavy atom. The second-order valence-electron chi connectivity index (χ2n) is 3.19. The maximum absolute atomic E-state index is 10.7. The molecule has 0 saturated carbocycles. The summed E-state index contributed by atoms with van der Waals surface area (Å²) >= 11 is 0. The van der Waals surface area contributed by atoms with E-state index in [-0.39, 0.29) is 17.2 Å². The molecule has 1 N–H and O–H groups in total. The van der Waals surface area contributed by atoms with Gasteiger partial charge in [0.25, 0.3) is 0 Å². The fraction of sp³-hybridized carbons (Fsp3) is 0.300. The number of carboxylic acid groups (broad SMARTS) is 1. The number of nitro benzene ring substituents is 1. The van der Waals surface area contributed by atoms with Crippen LogP contribution >= 0.6 is 0 Å². The smallest absolute Gasteiger partial charge is 0.344 e. The van der Waals surface area contributed by atoms with Crippen LogP contribution in [0.1, 0.15) is 6.92 Å². The summed E-state index contributed by atoms with van der Waals surface area (Å²) in [6.07, 6.45) is -1.08. The molecule has 1 aromatic rings. The van der Waals surface area contributed by atoms with Crippen LogP contribution < -0.4 is 9.47 Å². The van der Waals surface area contributed by atoms with Crippen LogP contribution in [0.25, 0.3) is 0 Å². The van der Waals surface area contributed by atoms with Crippen LogP contribution in [0.4, 0.5) is 5.69 Å². The fourth-order valence-electron chi connectivity index (χ4n) is 1.14. The van der Waals surface area contributed by atoms with Gasteiger partial charge in [0.15, 0.2) is 11.9 Å². The Morgan fingerprint density at radius 3 is 2.65 bits per heavy atom. The fourth-order valence-corrected chi connectivity index (χ4v) is 1.14. The Hall–Kier alpha value is -2.31. The van der Waals surface area contributed by atoms with Gasteiger partial charge in [0, 0.05) is 0 Å². The molecule has 1 aromatic carbocycles. The van der Waals surface area contributed by atoms with Gasteiger partial charge in [-0.05, 0) is 19.1 Å². The first-order chi connectivity index (χ1) is 7.95. The molecule has 0 spiro atoms. The first-order valence-corrected chi connectivity index (χ1v) is 4.67. The Kier molecular flexibility index (Phi) is 3.86. The number of nitrogens with zero attached hydrogens (tertiary/aromatic N) is 1. The van der Waals surface area contributed by atoms with E-state index < -0.39 is 17.0 Å². The van der Waals surface area contributed by atoms with Gasteiger partial charge in [0.1, 0.15) is 5.75 Å². The van der Waals surface area contributed by atoms with Crippen molar-refractivity contribution in [3.63, 3.8) is 0 Å². The lowest BCUT2D eigenvalue weighted by molar-refractivity contribution is -0.385. The second-order valence-corrected chi connectivity index (χ2v) is 3.19. The van der Waals surface area contributed by atoms with E-state index in [1.165, 1.54) is 26.2 Å². The number of benzene rings is 1. The molecule has 1 rings (SSSR count). The zero-order valence-electron chi connectivity index (χ0n) is 9.25. The van der Waals surface area contributed by atoms with Crippen molar-refractivity contribution in [2.75, 3.05) is 7.11 Å². The lowest BCUT2D eigenvalue weighted by Crippen LogP contribution is -2.22. The molecular formula is C10H11NO6. The molecule has 1 atom stereocenters. The van der Waals surface area contributed by atoms with Gasteiger partial charge in [0.2, 0.25) is 0 Å². The summed E-state index contributed by atoms with van der Waals surface area (Å²) in [7, 11) is 1.31. The number of ether oxygens (including phenoxy) is 2. The summed E-state index contributed by atoms with van der Waals surface area (Å²) in [5.74, 6) is -0.957. The summed E-state index contributed by atoms with van der Waals surface area (Å²) < 4.78 is 9.81. The zero-order chi connectivity index (χ0) is 13.0. The van der Waals surface area contributed by atoms with E-state index in [9.17, 15) is 14.9 Å². The summed E-state index contributed by atoms with van der Waals surface area (Å²) in [5, 5.41) is 19.3. The average molecular weight is 241 g/mol. The molecular weight excluding hydrogens is 230 g/mol. The van der Waals surface area contributed by atoms with Crippen LogP contribution in [0, 0.1) is 10.1 Å². The van der Waals surface area contributed by atoms with Crippen LogP contribution in [-0.2, 0) is 4.79 Å². The SMILES string of the molecule is COc1ccc(OC(C)C(=O)O)cc1[N+](=O)[O-]. The molecule has 92 valence electrons. The topological polar surface area (TPSA) is 98.9 Å². The molecule has 0 heterocycles. The maximum atomic E-state index is 10.7. The highest BCUT2D eigenvalue weighted by molar-refractivity contribution is 5.72. The van der Waals surface area contributed by atoms with E-state index >= 15 is 0 Å². The lowest BCUT2D eigenvalue weighted by Gasteiger charge is -2.10.